The van der Waals surface area contributed by atoms with Crippen LogP contribution in [0.4, 0.5) is 5.95 Å². The Morgan fingerprint density at radius 1 is 1.23 bits per heavy atom. The number of H-pyrrole nitrogens is 1. The molecule has 0 aliphatic heterocycles. The number of benzene rings is 1. The summed E-state index contributed by atoms with van der Waals surface area (Å²) in [7, 11) is 0. The second kappa shape index (κ2) is 3.33. The quantitative estimate of drug-likeness (QED) is 0.783. The van der Waals surface area contributed by atoms with Gasteiger partial charge in [-0.1, -0.05) is 12.1 Å². The standard InChI is InChI=1S/C8H7IN4/c9-6-3-1-5(2-4-6)7-11-8(10)13-12-7/h1-4H,(H3,10,11,12,13). The Hall–Kier alpha value is -1.11. The van der Waals surface area contributed by atoms with Gasteiger partial charge in [0.25, 0.3) is 0 Å². The van der Waals surface area contributed by atoms with Crippen LogP contribution in [0.1, 0.15) is 0 Å². The Bertz CT molecular complexity index is 406. The van der Waals surface area contributed by atoms with Gasteiger partial charge < -0.3 is 5.73 Å². The van der Waals surface area contributed by atoms with Gasteiger partial charge in [0.15, 0.2) is 5.82 Å². The number of nitrogens with two attached hydrogens (primary N) is 1. The molecule has 0 atom stereocenters. The van der Waals surface area contributed by atoms with Crippen molar-refractivity contribution < 1.29 is 0 Å². The van der Waals surface area contributed by atoms with Crippen molar-refractivity contribution >= 4 is 28.5 Å². The predicted molar refractivity (Wildman–Crippen MR) is 58.9 cm³/mol. The zero-order valence-electron chi connectivity index (χ0n) is 6.66. The Morgan fingerprint density at radius 3 is 2.46 bits per heavy atom. The number of hydrogen-bond donors (Lipinski definition) is 2. The molecule has 4 nitrogen and oxygen atoms in total. The third-order valence-electron chi connectivity index (χ3n) is 1.62. The summed E-state index contributed by atoms with van der Waals surface area (Å²) in [6.45, 7) is 0. The lowest BCUT2D eigenvalue weighted by molar-refractivity contribution is 1.10. The number of rotatable bonds is 1. The maximum Gasteiger partial charge on any atom is 0.239 e. The van der Waals surface area contributed by atoms with E-state index in [0.717, 1.165) is 5.56 Å². The smallest absolute Gasteiger partial charge is 0.239 e. The highest BCUT2D eigenvalue weighted by atomic mass is 127. The number of nitrogen functional groups attached to an aromatic ring is 1. The van der Waals surface area contributed by atoms with Crippen LogP contribution < -0.4 is 5.73 Å². The molecule has 66 valence electrons. The Morgan fingerprint density at radius 2 is 1.92 bits per heavy atom. The van der Waals surface area contributed by atoms with Crippen molar-refractivity contribution in [1.82, 2.24) is 15.2 Å². The molecule has 0 fully saturated rings. The second-order valence-electron chi connectivity index (χ2n) is 2.55. The number of nitrogens with zero attached hydrogens (tertiary/aromatic N) is 2. The molecule has 1 heterocycles. The maximum absolute atomic E-state index is 5.39. The van der Waals surface area contributed by atoms with Crippen molar-refractivity contribution in [3.05, 3.63) is 27.8 Å². The fourth-order valence-electron chi connectivity index (χ4n) is 1.01. The molecule has 0 spiro atoms. The van der Waals surface area contributed by atoms with Crippen molar-refractivity contribution in [2.45, 2.75) is 0 Å². The second-order valence-corrected chi connectivity index (χ2v) is 3.79. The molecule has 2 rings (SSSR count). The zero-order valence-corrected chi connectivity index (χ0v) is 8.82. The molecule has 0 radical (unpaired) electrons. The molecule has 0 saturated carbocycles. The molecule has 0 aliphatic carbocycles. The van der Waals surface area contributed by atoms with Gasteiger partial charge in [-0.2, -0.15) is 4.98 Å². The molecule has 0 unspecified atom stereocenters. The zero-order chi connectivity index (χ0) is 9.26. The molecule has 0 saturated heterocycles. The largest absolute Gasteiger partial charge is 0.366 e. The van der Waals surface area contributed by atoms with E-state index in [4.69, 9.17) is 5.73 Å². The molecule has 3 N–H and O–H groups in total. The fraction of sp³-hybridized carbons (Fsp3) is 0. The molecule has 0 aliphatic rings. The summed E-state index contributed by atoms with van der Waals surface area (Å²) in [6.07, 6.45) is 0. The van der Waals surface area contributed by atoms with Crippen LogP contribution in [-0.2, 0) is 0 Å². The summed E-state index contributed by atoms with van der Waals surface area (Å²) >= 11 is 2.25. The van der Waals surface area contributed by atoms with Crippen molar-refractivity contribution in [3.8, 4) is 11.4 Å². The van der Waals surface area contributed by atoms with Gasteiger partial charge in [0, 0.05) is 9.13 Å². The predicted octanol–water partition coefficient (Wildman–Crippen LogP) is 1.66. The van der Waals surface area contributed by atoms with Gasteiger partial charge in [0.1, 0.15) is 0 Å². The van der Waals surface area contributed by atoms with E-state index in [1.807, 2.05) is 24.3 Å². The summed E-state index contributed by atoms with van der Waals surface area (Å²) in [4.78, 5) is 4.02. The average molecular weight is 286 g/mol. The van der Waals surface area contributed by atoms with Crippen molar-refractivity contribution in [2.24, 2.45) is 0 Å². The highest BCUT2D eigenvalue weighted by Gasteiger charge is 2.01. The first kappa shape index (κ1) is 8.49. The number of aromatic amines is 1. The van der Waals surface area contributed by atoms with Crippen LogP contribution in [0.3, 0.4) is 0 Å². The minimum atomic E-state index is 0.272. The summed E-state index contributed by atoms with van der Waals surface area (Å²) < 4.78 is 1.19. The molecule has 1 aromatic carbocycles. The topological polar surface area (TPSA) is 67.6 Å². The summed E-state index contributed by atoms with van der Waals surface area (Å²) in [5.74, 6) is 0.974. The van der Waals surface area contributed by atoms with E-state index in [1.54, 1.807) is 0 Å². The Labute approximate surface area is 88.7 Å². The van der Waals surface area contributed by atoms with Crippen molar-refractivity contribution in [1.29, 1.82) is 0 Å². The monoisotopic (exact) mass is 286 g/mol. The number of anilines is 1. The van der Waals surface area contributed by atoms with E-state index < -0.39 is 0 Å². The van der Waals surface area contributed by atoms with Gasteiger partial charge in [-0.3, -0.25) is 5.10 Å². The molecule has 2 aromatic rings. The first-order valence-electron chi connectivity index (χ1n) is 3.69. The normalized spacial score (nSPS) is 10.2. The van der Waals surface area contributed by atoms with Gasteiger partial charge in [0.2, 0.25) is 5.95 Å². The number of hydrogen-bond acceptors (Lipinski definition) is 3. The average Bonchev–Trinajstić information content (AvgIpc) is 2.53. The van der Waals surface area contributed by atoms with E-state index in [1.165, 1.54) is 3.57 Å². The molecule has 5 heteroatoms. The lowest BCUT2D eigenvalue weighted by Crippen LogP contribution is -1.85. The number of halogens is 1. The van der Waals surface area contributed by atoms with Crippen LogP contribution in [0.25, 0.3) is 11.4 Å². The molecule has 0 bridgehead atoms. The van der Waals surface area contributed by atoms with E-state index in [0.29, 0.717) is 5.82 Å². The van der Waals surface area contributed by atoms with Gasteiger partial charge >= 0.3 is 0 Å². The Balaban J connectivity index is 2.41. The Kier molecular flexibility index (Phi) is 2.17. The summed E-state index contributed by atoms with van der Waals surface area (Å²) in [5, 5.41) is 6.51. The van der Waals surface area contributed by atoms with Gasteiger partial charge in [0.05, 0.1) is 0 Å². The summed E-state index contributed by atoms with van der Waals surface area (Å²) in [5.41, 5.74) is 6.38. The highest BCUT2D eigenvalue weighted by molar-refractivity contribution is 14.1. The molecular formula is C8H7IN4. The SMILES string of the molecule is Nc1n[nH]c(-c2ccc(I)cc2)n1. The van der Waals surface area contributed by atoms with Crippen molar-refractivity contribution in [2.75, 3.05) is 5.73 Å². The molecular weight excluding hydrogens is 279 g/mol. The lowest BCUT2D eigenvalue weighted by Gasteiger charge is -1.94. The lowest BCUT2D eigenvalue weighted by atomic mass is 10.2. The first-order chi connectivity index (χ1) is 6.25. The third-order valence-corrected chi connectivity index (χ3v) is 2.34. The molecule has 13 heavy (non-hydrogen) atoms. The minimum absolute atomic E-state index is 0.272. The first-order valence-corrected chi connectivity index (χ1v) is 4.77. The van der Waals surface area contributed by atoms with Gasteiger partial charge in [-0.15, -0.1) is 5.10 Å². The van der Waals surface area contributed by atoms with E-state index in [-0.39, 0.29) is 5.95 Å². The van der Waals surface area contributed by atoms with Crippen LogP contribution in [0.15, 0.2) is 24.3 Å². The van der Waals surface area contributed by atoms with Crippen LogP contribution in [0, 0.1) is 3.57 Å². The molecule has 1 aromatic heterocycles. The van der Waals surface area contributed by atoms with E-state index in [2.05, 4.69) is 37.8 Å². The highest BCUT2D eigenvalue weighted by Crippen LogP contribution is 2.16. The van der Waals surface area contributed by atoms with Gasteiger partial charge in [-0.05, 0) is 34.7 Å². The van der Waals surface area contributed by atoms with E-state index >= 15 is 0 Å². The number of aromatic nitrogens is 3. The third kappa shape index (κ3) is 1.80. The summed E-state index contributed by atoms with van der Waals surface area (Å²) in [6, 6.07) is 7.96. The van der Waals surface area contributed by atoms with Crippen LogP contribution in [-0.4, -0.2) is 15.2 Å². The minimum Gasteiger partial charge on any atom is -0.366 e. The van der Waals surface area contributed by atoms with E-state index in [9.17, 15) is 0 Å². The molecule has 0 amide bonds. The fourth-order valence-corrected chi connectivity index (χ4v) is 1.37. The van der Waals surface area contributed by atoms with Crippen LogP contribution in [0.5, 0.6) is 0 Å². The van der Waals surface area contributed by atoms with Crippen LogP contribution in [0.2, 0.25) is 0 Å². The van der Waals surface area contributed by atoms with Gasteiger partial charge in [-0.25, -0.2) is 0 Å². The van der Waals surface area contributed by atoms with Crippen molar-refractivity contribution in [3.63, 3.8) is 0 Å². The maximum atomic E-state index is 5.39. The number of nitrogens with one attached hydrogen (secondary N) is 1. The van der Waals surface area contributed by atoms with Crippen LogP contribution >= 0.6 is 22.6 Å².